The molecule has 2 heterocycles. The highest BCUT2D eigenvalue weighted by Crippen LogP contribution is 2.35. The van der Waals surface area contributed by atoms with Crippen LogP contribution >= 0.6 is 0 Å². The number of nitrogens with two attached hydrogens (primary N) is 1. The molecule has 0 atom stereocenters. The van der Waals surface area contributed by atoms with Crippen molar-refractivity contribution >= 4 is 39.9 Å². The van der Waals surface area contributed by atoms with Gasteiger partial charge in [0.25, 0.3) is 0 Å². The van der Waals surface area contributed by atoms with Gasteiger partial charge in [-0.3, -0.25) is 0 Å². The monoisotopic (exact) mass is 527 g/mol. The Hall–Kier alpha value is -4.11. The Balaban J connectivity index is 1.49. The number of aromatic nitrogens is 3. The van der Waals surface area contributed by atoms with Gasteiger partial charge in [0.1, 0.15) is 5.56 Å². The van der Waals surface area contributed by atoms with Crippen molar-refractivity contribution in [3.63, 3.8) is 0 Å². The lowest BCUT2D eigenvalue weighted by Crippen LogP contribution is -2.29. The van der Waals surface area contributed by atoms with Gasteiger partial charge in [0.15, 0.2) is 0 Å². The lowest BCUT2D eigenvalue weighted by molar-refractivity contribution is 0.0486. The average Bonchev–Trinajstić information content (AvgIpc) is 3.69. The van der Waals surface area contributed by atoms with Gasteiger partial charge in [0, 0.05) is 61.7 Å². The number of ether oxygens (including phenoxy) is 1. The van der Waals surface area contributed by atoms with Crippen LogP contribution < -0.4 is 16.0 Å². The van der Waals surface area contributed by atoms with Gasteiger partial charge >= 0.3 is 5.97 Å². The molecule has 39 heavy (non-hydrogen) atoms. The zero-order chi connectivity index (χ0) is 27.7. The van der Waals surface area contributed by atoms with Crippen LogP contribution in [0.3, 0.4) is 0 Å². The Morgan fingerprint density at radius 2 is 1.95 bits per heavy atom. The second kappa shape index (κ2) is 10.9. The Kier molecular flexibility index (Phi) is 7.43. The molecule has 204 valence electrons. The van der Waals surface area contributed by atoms with Crippen LogP contribution in [0.5, 0.6) is 0 Å². The van der Waals surface area contributed by atoms with Gasteiger partial charge in [0.05, 0.1) is 23.7 Å². The van der Waals surface area contributed by atoms with Crippen LogP contribution in [0.15, 0.2) is 48.8 Å². The first kappa shape index (κ1) is 26.5. The van der Waals surface area contributed by atoms with E-state index in [0.29, 0.717) is 35.4 Å². The van der Waals surface area contributed by atoms with E-state index in [4.69, 9.17) is 15.5 Å². The third kappa shape index (κ3) is 5.83. The molecule has 0 spiro atoms. The lowest BCUT2D eigenvalue weighted by atomic mass is 10.1. The molecule has 0 amide bonds. The zero-order valence-electron chi connectivity index (χ0n) is 23.4. The van der Waals surface area contributed by atoms with E-state index in [-0.39, 0.29) is 0 Å². The number of carbonyl (C=O) groups excluding carboxylic acids is 1. The molecule has 1 aliphatic rings. The Bertz CT molecular complexity index is 1510. The fraction of sp³-hybridized carbons (Fsp3) is 0.367. The molecular formula is C30H37N7O2. The number of nitrogens with zero attached hydrogens (tertiary/aromatic N) is 5. The van der Waals surface area contributed by atoms with Gasteiger partial charge in [-0.15, -0.1) is 0 Å². The first-order chi connectivity index (χ1) is 18.7. The van der Waals surface area contributed by atoms with Gasteiger partial charge in [-0.2, -0.15) is 0 Å². The van der Waals surface area contributed by atoms with Gasteiger partial charge in [-0.05, 0) is 63.5 Å². The van der Waals surface area contributed by atoms with Crippen LogP contribution in [0, 0.1) is 12.8 Å². The predicted molar refractivity (Wildman–Crippen MR) is 158 cm³/mol. The second-order valence-electron chi connectivity index (χ2n) is 10.7. The summed E-state index contributed by atoms with van der Waals surface area (Å²) < 4.78 is 7.66. The van der Waals surface area contributed by atoms with Crippen LogP contribution in [-0.2, 0) is 11.8 Å². The van der Waals surface area contributed by atoms with Crippen LogP contribution in [0.25, 0.3) is 22.2 Å². The lowest BCUT2D eigenvalue weighted by Gasteiger charge is -2.24. The van der Waals surface area contributed by atoms with Gasteiger partial charge < -0.3 is 30.2 Å². The molecule has 9 nitrogen and oxygen atoms in total. The number of para-hydroxylation sites is 1. The van der Waals surface area contributed by atoms with Crippen LogP contribution in [0.1, 0.15) is 28.8 Å². The number of aryl methyl sites for hydroxylation is 2. The van der Waals surface area contributed by atoms with E-state index in [1.54, 1.807) is 6.20 Å². The molecule has 0 aliphatic heterocycles. The van der Waals surface area contributed by atoms with E-state index in [2.05, 4.69) is 40.3 Å². The molecule has 2 aromatic carbocycles. The molecule has 1 saturated carbocycles. The number of hydrogen-bond acceptors (Lipinski definition) is 8. The predicted octanol–water partition coefficient (Wildman–Crippen LogP) is 4.83. The minimum atomic E-state index is -0.401. The molecule has 1 aliphatic carbocycles. The van der Waals surface area contributed by atoms with Crippen molar-refractivity contribution in [1.82, 2.24) is 19.4 Å². The molecule has 1 fully saturated rings. The number of likely N-dealkylation sites (N-methyl/N-ethyl adjacent to an activating group) is 2. The first-order valence-corrected chi connectivity index (χ1v) is 13.3. The largest absolute Gasteiger partial charge is 0.462 e. The molecule has 0 unspecified atom stereocenters. The van der Waals surface area contributed by atoms with Crippen molar-refractivity contribution in [2.24, 2.45) is 13.0 Å². The maximum atomic E-state index is 13.1. The highest BCUT2D eigenvalue weighted by molar-refractivity contribution is 6.03. The van der Waals surface area contributed by atoms with E-state index in [1.165, 1.54) is 0 Å². The topological polar surface area (TPSA) is 102 Å². The Morgan fingerprint density at radius 1 is 1.18 bits per heavy atom. The van der Waals surface area contributed by atoms with Gasteiger partial charge in [-0.1, -0.05) is 18.2 Å². The van der Waals surface area contributed by atoms with E-state index in [0.717, 1.165) is 59.3 Å². The van der Waals surface area contributed by atoms with Gasteiger partial charge in [-0.25, -0.2) is 14.8 Å². The average molecular weight is 528 g/mol. The summed E-state index contributed by atoms with van der Waals surface area (Å²) in [5, 5.41) is 4.34. The number of carbonyl (C=O) groups is 1. The van der Waals surface area contributed by atoms with Crippen molar-refractivity contribution in [3.05, 3.63) is 59.9 Å². The third-order valence-corrected chi connectivity index (χ3v) is 7.22. The van der Waals surface area contributed by atoms with Crippen molar-refractivity contribution in [1.29, 1.82) is 0 Å². The second-order valence-corrected chi connectivity index (χ2v) is 10.7. The number of fused-ring (bicyclic) bond motifs is 1. The van der Waals surface area contributed by atoms with Crippen molar-refractivity contribution in [2.45, 2.75) is 19.8 Å². The number of benzene rings is 2. The van der Waals surface area contributed by atoms with Crippen LogP contribution in [0.4, 0.5) is 23.0 Å². The molecule has 4 aromatic rings. The molecular weight excluding hydrogens is 490 g/mol. The van der Waals surface area contributed by atoms with Crippen LogP contribution in [0.2, 0.25) is 0 Å². The standard InChI is InChI=1S/C30H37N7O2/c1-19-14-27(36(4)13-12-35(2)3)24(31)15-25(19)33-30-32-16-22(29(38)39-18-20-10-11-20)28(34-30)23-17-37(5)26-9-7-6-8-21(23)26/h6-9,14-17,20H,10-13,18,31H2,1-5H3,(H,32,33,34). The summed E-state index contributed by atoms with van der Waals surface area (Å²) in [4.78, 5) is 26.8. The smallest absolute Gasteiger partial charge is 0.341 e. The van der Waals surface area contributed by atoms with Crippen molar-refractivity contribution in [3.8, 4) is 11.3 Å². The van der Waals surface area contributed by atoms with Crippen molar-refractivity contribution < 1.29 is 9.53 Å². The summed E-state index contributed by atoms with van der Waals surface area (Å²) in [6.07, 6.45) is 5.77. The summed E-state index contributed by atoms with van der Waals surface area (Å²) >= 11 is 0. The fourth-order valence-corrected chi connectivity index (χ4v) is 4.65. The normalized spacial score (nSPS) is 13.2. The Morgan fingerprint density at radius 3 is 2.69 bits per heavy atom. The summed E-state index contributed by atoms with van der Waals surface area (Å²) in [5.41, 5.74) is 12.7. The summed E-state index contributed by atoms with van der Waals surface area (Å²) in [5.74, 6) is 0.449. The minimum Gasteiger partial charge on any atom is -0.462 e. The molecule has 0 radical (unpaired) electrons. The highest BCUT2D eigenvalue weighted by Gasteiger charge is 2.26. The number of anilines is 4. The third-order valence-electron chi connectivity index (χ3n) is 7.22. The summed E-state index contributed by atoms with van der Waals surface area (Å²) in [6.45, 7) is 4.25. The SMILES string of the molecule is Cc1cc(N(C)CCN(C)C)c(N)cc1Nc1ncc(C(=O)OCC2CC2)c(-c2cn(C)c3ccccc23)n1. The van der Waals surface area contributed by atoms with E-state index < -0.39 is 5.97 Å². The minimum absolute atomic E-state index is 0.353. The zero-order valence-corrected chi connectivity index (χ0v) is 23.4. The molecule has 2 aromatic heterocycles. The number of rotatable bonds is 10. The molecule has 3 N–H and O–H groups in total. The quantitative estimate of drug-likeness (QED) is 0.223. The summed E-state index contributed by atoms with van der Waals surface area (Å²) in [6, 6.07) is 12.1. The number of nitrogens with one attached hydrogen (secondary N) is 1. The van der Waals surface area contributed by atoms with Crippen LogP contribution in [-0.4, -0.2) is 66.2 Å². The molecule has 5 rings (SSSR count). The Labute approximate surface area is 229 Å². The number of esters is 1. The van der Waals surface area contributed by atoms with Crippen molar-refractivity contribution in [2.75, 3.05) is 56.8 Å². The molecule has 0 saturated heterocycles. The maximum Gasteiger partial charge on any atom is 0.341 e. The first-order valence-electron chi connectivity index (χ1n) is 13.3. The fourth-order valence-electron chi connectivity index (χ4n) is 4.65. The molecule has 0 bridgehead atoms. The molecule has 9 heteroatoms. The number of nitrogen functional groups attached to an aromatic ring is 1. The van der Waals surface area contributed by atoms with Gasteiger partial charge in [0.2, 0.25) is 5.95 Å². The maximum absolute atomic E-state index is 13.1. The highest BCUT2D eigenvalue weighted by atomic mass is 16.5. The van der Waals surface area contributed by atoms with E-state index in [9.17, 15) is 4.79 Å². The van der Waals surface area contributed by atoms with E-state index in [1.807, 2.05) is 62.1 Å². The summed E-state index contributed by atoms with van der Waals surface area (Å²) in [7, 11) is 8.14. The number of hydrogen-bond donors (Lipinski definition) is 2. The van der Waals surface area contributed by atoms with E-state index >= 15 is 0 Å².